The minimum absolute atomic E-state index is 0.0779. The summed E-state index contributed by atoms with van der Waals surface area (Å²) in [5.41, 5.74) is 0.578. The fourth-order valence-corrected chi connectivity index (χ4v) is 3.21. The largest absolute Gasteiger partial charge is 0.454 e. The molecule has 1 aromatic carbocycles. The van der Waals surface area contributed by atoms with E-state index in [9.17, 15) is 9.90 Å². The number of likely N-dealkylation sites (N-methyl/N-ethyl adjacent to an activating group) is 1. The second kappa shape index (κ2) is 8.46. The van der Waals surface area contributed by atoms with E-state index in [1.165, 1.54) is 32.1 Å². The molecule has 0 aromatic heterocycles. The third-order valence-electron chi connectivity index (χ3n) is 4.63. The van der Waals surface area contributed by atoms with Crippen LogP contribution in [0, 0.1) is 0 Å². The maximum atomic E-state index is 11.8. The van der Waals surface area contributed by atoms with Gasteiger partial charge in [-0.2, -0.15) is 0 Å². The van der Waals surface area contributed by atoms with Crippen molar-refractivity contribution in [1.29, 1.82) is 0 Å². The molecule has 1 aliphatic carbocycles. The molecule has 0 spiro atoms. The lowest BCUT2D eigenvalue weighted by atomic mass is 10.1. The number of hydrogen-bond donors (Lipinski definition) is 1. The van der Waals surface area contributed by atoms with E-state index in [1.54, 1.807) is 24.3 Å². The van der Waals surface area contributed by atoms with E-state index in [0.717, 1.165) is 24.0 Å². The van der Waals surface area contributed by atoms with Crippen molar-refractivity contribution in [3.63, 3.8) is 0 Å². The molecule has 1 aromatic rings. The predicted molar refractivity (Wildman–Crippen MR) is 90.8 cm³/mol. The number of esters is 1. The molecule has 0 amide bonds. The van der Waals surface area contributed by atoms with Crippen LogP contribution in [0.1, 0.15) is 50.2 Å². The maximum Gasteiger partial charge on any atom is 0.340 e. The predicted octanol–water partition coefficient (Wildman–Crippen LogP) is 3.06. The summed E-state index contributed by atoms with van der Waals surface area (Å²) in [6.07, 6.45) is 7.11. The third-order valence-corrected chi connectivity index (χ3v) is 4.63. The van der Waals surface area contributed by atoms with E-state index < -0.39 is 12.1 Å². The first-order chi connectivity index (χ1) is 11.0. The Morgan fingerprint density at radius 2 is 1.70 bits per heavy atom. The van der Waals surface area contributed by atoms with Crippen molar-refractivity contribution in [3.05, 3.63) is 35.9 Å². The van der Waals surface area contributed by atoms with Crippen molar-refractivity contribution in [2.75, 3.05) is 27.2 Å². The summed E-state index contributed by atoms with van der Waals surface area (Å²) >= 11 is 0. The van der Waals surface area contributed by atoms with Crippen LogP contribution in [0.2, 0.25) is 0 Å². The zero-order valence-electron chi connectivity index (χ0n) is 14.4. The summed E-state index contributed by atoms with van der Waals surface area (Å²) in [6, 6.07) is 8.88. The van der Waals surface area contributed by atoms with Crippen LogP contribution in [0.25, 0.3) is 0 Å². The quantitative estimate of drug-likeness (QED) is 0.688. The van der Waals surface area contributed by atoms with Crippen LogP contribution in [-0.2, 0) is 9.53 Å². The number of likely N-dealkylation sites (tertiary alicyclic amines) is 1. The van der Waals surface area contributed by atoms with Gasteiger partial charge in [0.05, 0.1) is 20.6 Å². The highest BCUT2D eigenvalue weighted by molar-refractivity contribution is 5.76. The minimum atomic E-state index is -1.18. The van der Waals surface area contributed by atoms with Crippen LogP contribution in [0.15, 0.2) is 30.3 Å². The van der Waals surface area contributed by atoms with Gasteiger partial charge in [-0.1, -0.05) is 62.4 Å². The zero-order chi connectivity index (χ0) is 16.7. The van der Waals surface area contributed by atoms with E-state index in [-0.39, 0.29) is 6.10 Å². The summed E-state index contributed by atoms with van der Waals surface area (Å²) in [5, 5.41) is 9.90. The van der Waals surface area contributed by atoms with Gasteiger partial charge in [-0.15, -0.1) is 0 Å². The zero-order valence-corrected chi connectivity index (χ0v) is 14.4. The number of hydrogen-bond acceptors (Lipinski definition) is 3. The first-order valence-electron chi connectivity index (χ1n) is 8.73. The van der Waals surface area contributed by atoms with Crippen LogP contribution in [0.4, 0.5) is 0 Å². The van der Waals surface area contributed by atoms with Crippen LogP contribution >= 0.6 is 0 Å². The summed E-state index contributed by atoms with van der Waals surface area (Å²) in [5.74, 6) is -0.548. The number of carbonyl (C=O) groups is 1. The van der Waals surface area contributed by atoms with Crippen molar-refractivity contribution in [1.82, 2.24) is 0 Å². The molecular formula is C19H30NO3+. The summed E-state index contributed by atoms with van der Waals surface area (Å²) in [6.45, 7) is 1.81. The average Bonchev–Trinajstić information content (AvgIpc) is 3.21. The lowest BCUT2D eigenvalue weighted by Crippen LogP contribution is -2.38. The lowest BCUT2D eigenvalue weighted by Gasteiger charge is -2.23. The van der Waals surface area contributed by atoms with Crippen LogP contribution < -0.4 is 0 Å². The molecule has 4 heteroatoms. The average molecular weight is 320 g/mol. The fraction of sp³-hybridized carbons (Fsp3) is 0.632. The summed E-state index contributed by atoms with van der Waals surface area (Å²) in [7, 11) is 4.23. The smallest absolute Gasteiger partial charge is 0.340 e. The van der Waals surface area contributed by atoms with Crippen molar-refractivity contribution in [3.8, 4) is 0 Å². The molecule has 1 saturated heterocycles. The fourth-order valence-electron chi connectivity index (χ4n) is 3.21. The monoisotopic (exact) mass is 320 g/mol. The SMILES string of the molecule is C1CCCC1.C[N+]1(C)CCC(OC(=O)C(O)c2ccccc2)C1. The van der Waals surface area contributed by atoms with Crippen LogP contribution in [-0.4, -0.2) is 48.8 Å². The number of quaternary nitrogens is 1. The first kappa shape index (κ1) is 18.0. The van der Waals surface area contributed by atoms with Crippen LogP contribution in [0.3, 0.4) is 0 Å². The number of aliphatic hydroxyl groups excluding tert-OH is 1. The van der Waals surface area contributed by atoms with Gasteiger partial charge in [0.1, 0.15) is 6.54 Å². The van der Waals surface area contributed by atoms with Gasteiger partial charge in [-0.3, -0.25) is 0 Å². The van der Waals surface area contributed by atoms with Gasteiger partial charge in [-0.25, -0.2) is 4.79 Å². The van der Waals surface area contributed by atoms with E-state index in [1.807, 2.05) is 6.07 Å². The molecule has 1 saturated carbocycles. The Balaban J connectivity index is 0.000000326. The Morgan fingerprint density at radius 1 is 1.13 bits per heavy atom. The Morgan fingerprint density at radius 3 is 2.17 bits per heavy atom. The van der Waals surface area contributed by atoms with Gasteiger partial charge in [0.15, 0.2) is 12.2 Å². The molecule has 2 atom stereocenters. The highest BCUT2D eigenvalue weighted by Crippen LogP contribution is 2.20. The lowest BCUT2D eigenvalue weighted by molar-refractivity contribution is -0.879. The topological polar surface area (TPSA) is 46.5 Å². The normalized spacial score (nSPS) is 23.7. The van der Waals surface area contributed by atoms with E-state index >= 15 is 0 Å². The molecule has 23 heavy (non-hydrogen) atoms. The summed E-state index contributed by atoms with van der Waals surface area (Å²) in [4.78, 5) is 11.8. The summed E-state index contributed by atoms with van der Waals surface area (Å²) < 4.78 is 6.22. The van der Waals surface area contributed by atoms with Crippen molar-refractivity contribution in [2.45, 2.75) is 50.7 Å². The van der Waals surface area contributed by atoms with Crippen molar-refractivity contribution in [2.24, 2.45) is 0 Å². The van der Waals surface area contributed by atoms with Gasteiger partial charge in [0.25, 0.3) is 0 Å². The number of nitrogens with zero attached hydrogens (tertiary/aromatic N) is 1. The minimum Gasteiger partial charge on any atom is -0.454 e. The second-order valence-corrected chi connectivity index (χ2v) is 7.27. The van der Waals surface area contributed by atoms with Crippen LogP contribution in [0.5, 0.6) is 0 Å². The molecule has 3 rings (SSSR count). The highest BCUT2D eigenvalue weighted by Gasteiger charge is 2.34. The Hall–Kier alpha value is -1.39. The molecule has 4 nitrogen and oxygen atoms in total. The molecule has 1 aliphatic heterocycles. The van der Waals surface area contributed by atoms with E-state index in [4.69, 9.17) is 4.74 Å². The number of benzene rings is 1. The van der Waals surface area contributed by atoms with Gasteiger partial charge in [-0.05, 0) is 5.56 Å². The van der Waals surface area contributed by atoms with Gasteiger partial charge in [0, 0.05) is 6.42 Å². The van der Waals surface area contributed by atoms with E-state index in [0.29, 0.717) is 5.56 Å². The van der Waals surface area contributed by atoms with Gasteiger partial charge in [0.2, 0.25) is 0 Å². The molecule has 0 radical (unpaired) electrons. The molecule has 0 bridgehead atoms. The molecule has 128 valence electrons. The van der Waals surface area contributed by atoms with Crippen molar-refractivity contribution >= 4 is 5.97 Å². The molecule has 1 N–H and O–H groups in total. The van der Waals surface area contributed by atoms with Crippen molar-refractivity contribution < 1.29 is 19.1 Å². The molecule has 2 fully saturated rings. The molecule has 2 unspecified atom stereocenters. The first-order valence-corrected chi connectivity index (χ1v) is 8.73. The second-order valence-electron chi connectivity index (χ2n) is 7.27. The van der Waals surface area contributed by atoms with E-state index in [2.05, 4.69) is 14.1 Å². The van der Waals surface area contributed by atoms with Gasteiger partial charge >= 0.3 is 5.97 Å². The third kappa shape index (κ3) is 5.96. The Kier molecular flexibility index (Phi) is 6.60. The number of rotatable bonds is 3. The Labute approximate surface area is 139 Å². The molecule has 1 heterocycles. The number of carbonyl (C=O) groups excluding carboxylic acids is 1. The van der Waals surface area contributed by atoms with Gasteiger partial charge < -0.3 is 14.3 Å². The Bertz CT molecular complexity index is 475. The molecular weight excluding hydrogens is 290 g/mol. The maximum absolute atomic E-state index is 11.8. The standard InChI is InChI=1S/C14H20NO3.C5H10/c1-15(2)9-8-12(10-15)18-14(17)13(16)11-6-4-3-5-7-11;1-2-4-5-3-1/h3-7,12-13,16H,8-10H2,1-2H3;1-5H2/q+1;. The number of aliphatic hydroxyl groups is 1. The molecule has 2 aliphatic rings. The number of ether oxygens (including phenoxy) is 1. The highest BCUT2D eigenvalue weighted by atomic mass is 16.6.